The van der Waals surface area contributed by atoms with Crippen LogP contribution in [0.15, 0.2) is 0 Å². The molecule has 0 saturated heterocycles. The first-order valence-corrected chi connectivity index (χ1v) is 8.87. The van der Waals surface area contributed by atoms with E-state index in [0.717, 1.165) is 0 Å². The molecule has 10 nitrogen and oxygen atoms in total. The Balaban J connectivity index is 5.00. The summed E-state index contributed by atoms with van der Waals surface area (Å²) in [7, 11) is 0. The van der Waals surface area contributed by atoms with Gasteiger partial charge in [-0.1, -0.05) is 27.7 Å². The number of carbonyl (C=O) groups is 4. The highest BCUT2D eigenvalue weighted by Crippen LogP contribution is 2.05. The minimum absolute atomic E-state index is 0.312. The molecule has 0 aliphatic carbocycles. The van der Waals surface area contributed by atoms with Crippen molar-refractivity contribution in [3.05, 3.63) is 0 Å². The highest BCUT2D eigenvalue weighted by molar-refractivity contribution is 5.94. The molecular formula is C17H32N4O6. The van der Waals surface area contributed by atoms with Gasteiger partial charge in [-0.05, 0) is 25.7 Å². The Bertz CT molecular complexity index is 550. The number of nitrogens with one attached hydrogen (secondary N) is 3. The Morgan fingerprint density at radius 2 is 1.19 bits per heavy atom. The number of hydrogen-bond donors (Lipinski definition) is 6. The molecule has 0 aromatic carbocycles. The third-order valence-corrected chi connectivity index (χ3v) is 4.05. The van der Waals surface area contributed by atoms with E-state index >= 15 is 0 Å². The van der Waals surface area contributed by atoms with Gasteiger partial charge in [-0.3, -0.25) is 14.4 Å². The molecule has 5 atom stereocenters. The van der Waals surface area contributed by atoms with E-state index in [2.05, 4.69) is 16.0 Å². The number of aliphatic hydroxyl groups is 1. The number of rotatable bonds is 10. The molecule has 3 amide bonds. The van der Waals surface area contributed by atoms with Gasteiger partial charge in [0, 0.05) is 0 Å². The fourth-order valence-corrected chi connectivity index (χ4v) is 2.16. The van der Waals surface area contributed by atoms with Crippen LogP contribution >= 0.6 is 0 Å². The van der Waals surface area contributed by atoms with Gasteiger partial charge in [-0.2, -0.15) is 0 Å². The van der Waals surface area contributed by atoms with Crippen LogP contribution in [0, 0.1) is 11.8 Å². The second-order valence-corrected chi connectivity index (χ2v) is 7.30. The minimum Gasteiger partial charge on any atom is -0.480 e. The lowest BCUT2D eigenvalue weighted by Crippen LogP contribution is -2.59. The van der Waals surface area contributed by atoms with Gasteiger partial charge in [0.2, 0.25) is 17.7 Å². The van der Waals surface area contributed by atoms with E-state index in [4.69, 9.17) is 10.8 Å². The number of carboxylic acids is 1. The summed E-state index contributed by atoms with van der Waals surface area (Å²) in [6.07, 6.45) is -1.09. The minimum atomic E-state index is -1.19. The fraction of sp³-hybridized carbons (Fsp3) is 0.765. The molecule has 0 fully saturated rings. The summed E-state index contributed by atoms with van der Waals surface area (Å²) in [6, 6.07) is -4.26. The van der Waals surface area contributed by atoms with E-state index in [-0.39, 0.29) is 11.8 Å². The van der Waals surface area contributed by atoms with Crippen LogP contribution in [0.1, 0.15) is 41.5 Å². The first-order chi connectivity index (χ1) is 12.3. The zero-order valence-electron chi connectivity index (χ0n) is 16.6. The van der Waals surface area contributed by atoms with Crippen molar-refractivity contribution in [3.63, 3.8) is 0 Å². The molecule has 0 aliphatic heterocycles. The summed E-state index contributed by atoms with van der Waals surface area (Å²) in [4.78, 5) is 47.8. The third kappa shape index (κ3) is 7.92. The first kappa shape index (κ1) is 24.8. The van der Waals surface area contributed by atoms with Crippen LogP contribution in [0.25, 0.3) is 0 Å². The predicted molar refractivity (Wildman–Crippen MR) is 98.4 cm³/mol. The maximum Gasteiger partial charge on any atom is 0.326 e. The number of aliphatic hydroxyl groups excluding tert-OH is 1. The smallest absolute Gasteiger partial charge is 0.326 e. The van der Waals surface area contributed by atoms with Crippen LogP contribution in [0.4, 0.5) is 0 Å². The lowest BCUT2D eigenvalue weighted by atomic mass is 10.0. The summed E-state index contributed by atoms with van der Waals surface area (Å²) in [6.45, 7) is 9.46. The van der Waals surface area contributed by atoms with Crippen molar-refractivity contribution in [2.75, 3.05) is 0 Å². The molecule has 0 spiro atoms. The Morgan fingerprint density at radius 1 is 0.741 bits per heavy atom. The predicted octanol–water partition coefficient (Wildman–Crippen LogP) is -1.43. The van der Waals surface area contributed by atoms with Crippen LogP contribution in [0.3, 0.4) is 0 Å². The van der Waals surface area contributed by atoms with Crippen molar-refractivity contribution >= 4 is 23.7 Å². The molecule has 7 N–H and O–H groups in total. The molecule has 5 unspecified atom stereocenters. The average molecular weight is 388 g/mol. The zero-order valence-corrected chi connectivity index (χ0v) is 16.6. The largest absolute Gasteiger partial charge is 0.480 e. The highest BCUT2D eigenvalue weighted by atomic mass is 16.4. The van der Waals surface area contributed by atoms with Gasteiger partial charge in [0.15, 0.2) is 0 Å². The second kappa shape index (κ2) is 10.8. The van der Waals surface area contributed by atoms with E-state index < -0.39 is 54.0 Å². The molecule has 0 aromatic heterocycles. The van der Waals surface area contributed by atoms with Crippen LogP contribution in [-0.4, -0.2) is 64.2 Å². The fourth-order valence-electron chi connectivity index (χ4n) is 2.16. The van der Waals surface area contributed by atoms with Gasteiger partial charge in [0.05, 0.1) is 6.10 Å². The van der Waals surface area contributed by atoms with Gasteiger partial charge in [0.1, 0.15) is 24.2 Å². The molecule has 0 aromatic rings. The SMILES string of the molecule is CC(NC(=O)C(NC(=O)C(N)C(C)O)C(C)C)C(=O)NC(C(=O)O)C(C)C. The molecule has 0 heterocycles. The number of carbonyl (C=O) groups excluding carboxylic acids is 3. The summed E-state index contributed by atoms with van der Waals surface area (Å²) in [5, 5.41) is 25.8. The van der Waals surface area contributed by atoms with E-state index in [1.165, 1.54) is 13.8 Å². The zero-order chi connectivity index (χ0) is 21.5. The molecule has 0 rings (SSSR count). The van der Waals surface area contributed by atoms with Crippen LogP contribution < -0.4 is 21.7 Å². The Morgan fingerprint density at radius 3 is 1.56 bits per heavy atom. The van der Waals surface area contributed by atoms with Gasteiger partial charge < -0.3 is 31.9 Å². The molecule has 0 bridgehead atoms. The second-order valence-electron chi connectivity index (χ2n) is 7.30. The number of hydrogen-bond acceptors (Lipinski definition) is 6. The highest BCUT2D eigenvalue weighted by Gasteiger charge is 2.31. The Kier molecular flexibility index (Phi) is 9.95. The van der Waals surface area contributed by atoms with E-state index in [1.54, 1.807) is 27.7 Å². The Hall–Kier alpha value is -2.20. The van der Waals surface area contributed by atoms with Crippen molar-refractivity contribution in [2.45, 2.75) is 71.8 Å². The van der Waals surface area contributed by atoms with Gasteiger partial charge in [0.25, 0.3) is 0 Å². The number of carboxylic acid groups (broad SMARTS) is 1. The number of amides is 3. The lowest BCUT2D eigenvalue weighted by molar-refractivity contribution is -0.143. The third-order valence-electron chi connectivity index (χ3n) is 4.05. The van der Waals surface area contributed by atoms with Crippen molar-refractivity contribution < 1.29 is 29.4 Å². The normalized spacial score (nSPS) is 16.8. The van der Waals surface area contributed by atoms with Crippen LogP contribution in [-0.2, 0) is 19.2 Å². The van der Waals surface area contributed by atoms with Crippen molar-refractivity contribution in [1.29, 1.82) is 0 Å². The molecule has 27 heavy (non-hydrogen) atoms. The topological polar surface area (TPSA) is 171 Å². The number of aliphatic carboxylic acids is 1. The quantitative estimate of drug-likeness (QED) is 0.266. The summed E-state index contributed by atoms with van der Waals surface area (Å²) in [5.41, 5.74) is 5.56. The molecule has 10 heteroatoms. The summed E-state index contributed by atoms with van der Waals surface area (Å²) in [5.74, 6) is -3.78. The number of nitrogens with two attached hydrogens (primary N) is 1. The Labute approximate surface area is 159 Å². The molecule has 156 valence electrons. The first-order valence-electron chi connectivity index (χ1n) is 8.87. The van der Waals surface area contributed by atoms with Crippen molar-refractivity contribution in [2.24, 2.45) is 17.6 Å². The van der Waals surface area contributed by atoms with Crippen LogP contribution in [0.2, 0.25) is 0 Å². The monoisotopic (exact) mass is 388 g/mol. The van der Waals surface area contributed by atoms with Gasteiger partial charge in [-0.25, -0.2) is 4.79 Å². The van der Waals surface area contributed by atoms with E-state index in [0.29, 0.717) is 0 Å². The average Bonchev–Trinajstić information content (AvgIpc) is 2.54. The molecule has 0 radical (unpaired) electrons. The lowest BCUT2D eigenvalue weighted by Gasteiger charge is -2.26. The molecule has 0 aliphatic rings. The summed E-state index contributed by atoms with van der Waals surface area (Å²) >= 11 is 0. The van der Waals surface area contributed by atoms with E-state index in [9.17, 15) is 24.3 Å². The molecule has 0 saturated carbocycles. The maximum absolute atomic E-state index is 12.5. The summed E-state index contributed by atoms with van der Waals surface area (Å²) < 4.78 is 0. The van der Waals surface area contributed by atoms with Crippen LogP contribution in [0.5, 0.6) is 0 Å². The molecular weight excluding hydrogens is 356 g/mol. The van der Waals surface area contributed by atoms with Crippen molar-refractivity contribution in [3.8, 4) is 0 Å². The maximum atomic E-state index is 12.5. The van der Waals surface area contributed by atoms with Crippen molar-refractivity contribution in [1.82, 2.24) is 16.0 Å². The van der Waals surface area contributed by atoms with Gasteiger partial charge in [-0.15, -0.1) is 0 Å². The van der Waals surface area contributed by atoms with E-state index in [1.807, 2.05) is 0 Å². The van der Waals surface area contributed by atoms with Gasteiger partial charge >= 0.3 is 5.97 Å². The standard InChI is InChI=1S/C17H32N4O6/c1-7(2)12(20-15(24)11(18)10(6)22)16(25)19-9(5)14(23)21-13(8(3)4)17(26)27/h7-13,22H,18H2,1-6H3,(H,19,25)(H,20,24)(H,21,23)(H,26,27).